The monoisotopic (exact) mass is 224 g/mol. The molecule has 0 spiro atoms. The zero-order valence-corrected chi connectivity index (χ0v) is 11.4. The summed E-state index contributed by atoms with van der Waals surface area (Å²) in [6.07, 6.45) is 5.78. The van der Waals surface area contributed by atoms with Crippen molar-refractivity contribution in [1.82, 2.24) is 10.2 Å². The molecule has 2 atom stereocenters. The van der Waals surface area contributed by atoms with E-state index in [-0.39, 0.29) is 5.54 Å². The summed E-state index contributed by atoms with van der Waals surface area (Å²) in [5, 5.41) is 3.65. The summed E-state index contributed by atoms with van der Waals surface area (Å²) in [7, 11) is 2.33. The SMILES string of the molecule is CN(CC1CC1)C1CCC1CNC(C)(C)C. The second kappa shape index (κ2) is 4.66. The lowest BCUT2D eigenvalue weighted by Gasteiger charge is -2.44. The van der Waals surface area contributed by atoms with Crippen LogP contribution in [0.4, 0.5) is 0 Å². The molecule has 0 bridgehead atoms. The highest BCUT2D eigenvalue weighted by Gasteiger charge is 2.36. The Bertz CT molecular complexity index is 227. The maximum Gasteiger partial charge on any atom is 0.0133 e. The molecule has 94 valence electrons. The maximum absolute atomic E-state index is 3.65. The zero-order chi connectivity index (χ0) is 11.8. The van der Waals surface area contributed by atoms with Crippen molar-refractivity contribution in [2.75, 3.05) is 20.1 Å². The Balaban J connectivity index is 1.70. The molecule has 2 aliphatic carbocycles. The Kier molecular flexibility index (Phi) is 3.60. The van der Waals surface area contributed by atoms with Crippen LogP contribution in [0.5, 0.6) is 0 Å². The van der Waals surface area contributed by atoms with Gasteiger partial charge in [0.2, 0.25) is 0 Å². The first-order chi connectivity index (χ1) is 7.46. The van der Waals surface area contributed by atoms with Crippen LogP contribution in [0.2, 0.25) is 0 Å². The number of nitrogens with one attached hydrogen (secondary N) is 1. The average Bonchev–Trinajstić information content (AvgIpc) is 2.83. The van der Waals surface area contributed by atoms with Gasteiger partial charge in [-0.2, -0.15) is 0 Å². The van der Waals surface area contributed by atoms with Crippen LogP contribution >= 0.6 is 0 Å². The molecule has 2 aliphatic rings. The highest BCUT2D eigenvalue weighted by Crippen LogP contribution is 2.35. The Labute approximate surface area is 101 Å². The molecular weight excluding hydrogens is 196 g/mol. The molecule has 0 aromatic rings. The lowest BCUT2D eigenvalue weighted by molar-refractivity contribution is 0.0758. The van der Waals surface area contributed by atoms with Gasteiger partial charge in [0, 0.05) is 18.1 Å². The van der Waals surface area contributed by atoms with Gasteiger partial charge in [0.25, 0.3) is 0 Å². The number of rotatable bonds is 5. The molecule has 2 fully saturated rings. The lowest BCUT2D eigenvalue weighted by Crippen LogP contribution is -2.52. The predicted molar refractivity (Wildman–Crippen MR) is 69.6 cm³/mol. The average molecular weight is 224 g/mol. The van der Waals surface area contributed by atoms with Gasteiger partial charge in [-0.15, -0.1) is 0 Å². The van der Waals surface area contributed by atoms with Crippen molar-refractivity contribution in [2.45, 2.75) is 58.0 Å². The Morgan fingerprint density at radius 2 is 1.81 bits per heavy atom. The van der Waals surface area contributed by atoms with Crippen LogP contribution in [0, 0.1) is 11.8 Å². The number of nitrogens with zero attached hydrogens (tertiary/aromatic N) is 1. The van der Waals surface area contributed by atoms with Gasteiger partial charge in [-0.05, 0) is 71.9 Å². The van der Waals surface area contributed by atoms with Gasteiger partial charge < -0.3 is 10.2 Å². The smallest absolute Gasteiger partial charge is 0.0133 e. The first-order valence-corrected chi connectivity index (χ1v) is 6.91. The van der Waals surface area contributed by atoms with Crippen LogP contribution in [-0.4, -0.2) is 36.6 Å². The third-order valence-corrected chi connectivity index (χ3v) is 4.08. The Hall–Kier alpha value is -0.0800. The molecule has 2 heteroatoms. The van der Waals surface area contributed by atoms with E-state index in [1.807, 2.05) is 0 Å². The molecule has 0 radical (unpaired) electrons. The van der Waals surface area contributed by atoms with Gasteiger partial charge in [-0.1, -0.05) is 0 Å². The second-order valence-corrected chi connectivity index (χ2v) is 6.92. The minimum Gasteiger partial charge on any atom is -0.312 e. The van der Waals surface area contributed by atoms with Gasteiger partial charge in [0.1, 0.15) is 0 Å². The van der Waals surface area contributed by atoms with Crippen molar-refractivity contribution in [3.8, 4) is 0 Å². The van der Waals surface area contributed by atoms with Crippen LogP contribution in [-0.2, 0) is 0 Å². The number of hydrogen-bond donors (Lipinski definition) is 1. The van der Waals surface area contributed by atoms with Crippen molar-refractivity contribution in [3.63, 3.8) is 0 Å². The fourth-order valence-corrected chi connectivity index (χ4v) is 2.65. The minimum atomic E-state index is 0.273. The molecule has 1 N–H and O–H groups in total. The summed E-state index contributed by atoms with van der Waals surface area (Å²) in [6.45, 7) is 9.32. The Morgan fingerprint density at radius 1 is 1.12 bits per heavy atom. The van der Waals surface area contributed by atoms with Crippen LogP contribution < -0.4 is 5.32 Å². The standard InChI is InChI=1S/C14H28N2/c1-14(2,3)15-9-12-7-8-13(12)16(4)10-11-5-6-11/h11-13,15H,5-10H2,1-4H3. The molecule has 0 amide bonds. The molecule has 0 aromatic carbocycles. The van der Waals surface area contributed by atoms with Gasteiger partial charge in [0.15, 0.2) is 0 Å². The highest BCUT2D eigenvalue weighted by atomic mass is 15.2. The van der Waals surface area contributed by atoms with E-state index in [1.54, 1.807) is 0 Å². The molecular formula is C14H28N2. The molecule has 0 saturated heterocycles. The largest absolute Gasteiger partial charge is 0.312 e. The highest BCUT2D eigenvalue weighted by molar-refractivity contribution is 4.91. The van der Waals surface area contributed by atoms with E-state index in [0.717, 1.165) is 17.9 Å². The third kappa shape index (κ3) is 3.46. The molecule has 16 heavy (non-hydrogen) atoms. The van der Waals surface area contributed by atoms with Crippen LogP contribution in [0.15, 0.2) is 0 Å². The van der Waals surface area contributed by atoms with Crippen LogP contribution in [0.25, 0.3) is 0 Å². The van der Waals surface area contributed by atoms with Gasteiger partial charge in [-0.3, -0.25) is 0 Å². The summed E-state index contributed by atoms with van der Waals surface area (Å²) in [5.74, 6) is 1.92. The summed E-state index contributed by atoms with van der Waals surface area (Å²) in [6, 6.07) is 0.857. The number of hydrogen-bond acceptors (Lipinski definition) is 2. The molecule has 2 unspecified atom stereocenters. The minimum absolute atomic E-state index is 0.273. The van der Waals surface area contributed by atoms with E-state index in [0.29, 0.717) is 0 Å². The van der Waals surface area contributed by atoms with Crippen LogP contribution in [0.3, 0.4) is 0 Å². The van der Waals surface area contributed by atoms with E-state index in [4.69, 9.17) is 0 Å². The second-order valence-electron chi connectivity index (χ2n) is 6.92. The van der Waals surface area contributed by atoms with Gasteiger partial charge in [-0.25, -0.2) is 0 Å². The van der Waals surface area contributed by atoms with Crippen molar-refractivity contribution in [1.29, 1.82) is 0 Å². The van der Waals surface area contributed by atoms with E-state index in [9.17, 15) is 0 Å². The van der Waals surface area contributed by atoms with Crippen molar-refractivity contribution in [2.24, 2.45) is 11.8 Å². The summed E-state index contributed by atoms with van der Waals surface area (Å²) < 4.78 is 0. The first-order valence-electron chi connectivity index (χ1n) is 6.91. The van der Waals surface area contributed by atoms with E-state index in [2.05, 4.69) is 38.0 Å². The van der Waals surface area contributed by atoms with Crippen LogP contribution in [0.1, 0.15) is 46.5 Å². The van der Waals surface area contributed by atoms with Crippen molar-refractivity contribution >= 4 is 0 Å². The summed E-state index contributed by atoms with van der Waals surface area (Å²) >= 11 is 0. The van der Waals surface area contributed by atoms with Crippen molar-refractivity contribution in [3.05, 3.63) is 0 Å². The van der Waals surface area contributed by atoms with Gasteiger partial charge >= 0.3 is 0 Å². The van der Waals surface area contributed by atoms with Gasteiger partial charge in [0.05, 0.1) is 0 Å². The van der Waals surface area contributed by atoms with E-state index in [1.165, 1.54) is 38.8 Å². The maximum atomic E-state index is 3.65. The molecule has 2 nitrogen and oxygen atoms in total. The molecule has 0 heterocycles. The first kappa shape index (κ1) is 12.4. The fourth-order valence-electron chi connectivity index (χ4n) is 2.65. The molecule has 2 saturated carbocycles. The molecule has 0 aliphatic heterocycles. The predicted octanol–water partition coefficient (Wildman–Crippen LogP) is 2.49. The quantitative estimate of drug-likeness (QED) is 0.772. The Morgan fingerprint density at radius 3 is 2.25 bits per heavy atom. The summed E-state index contributed by atoms with van der Waals surface area (Å²) in [5.41, 5.74) is 0.273. The molecule has 0 aromatic heterocycles. The normalized spacial score (nSPS) is 30.6. The van der Waals surface area contributed by atoms with Crippen molar-refractivity contribution < 1.29 is 0 Å². The van der Waals surface area contributed by atoms with E-state index < -0.39 is 0 Å². The fraction of sp³-hybridized carbons (Fsp3) is 1.00. The lowest BCUT2D eigenvalue weighted by atomic mass is 9.78. The topological polar surface area (TPSA) is 15.3 Å². The molecule has 2 rings (SSSR count). The summed E-state index contributed by atoms with van der Waals surface area (Å²) in [4.78, 5) is 2.62. The van der Waals surface area contributed by atoms with E-state index >= 15 is 0 Å². The third-order valence-electron chi connectivity index (χ3n) is 4.08. The zero-order valence-electron chi connectivity index (χ0n) is 11.4.